The first-order chi connectivity index (χ1) is 22.6. The minimum absolute atomic E-state index is 0.340. The van der Waals surface area contributed by atoms with E-state index in [1.165, 1.54) is 41.8 Å². The second-order valence-electron chi connectivity index (χ2n) is 12.6. The summed E-state index contributed by atoms with van der Waals surface area (Å²) in [5.74, 6) is 1.35. The summed E-state index contributed by atoms with van der Waals surface area (Å²) < 4.78 is 0. The first-order valence-corrected chi connectivity index (χ1v) is 17.0. The minimum Gasteiger partial charge on any atom is -0.368 e. The van der Waals surface area contributed by atoms with Crippen molar-refractivity contribution in [2.45, 2.75) is 70.9 Å². The van der Waals surface area contributed by atoms with Gasteiger partial charge in [0.2, 0.25) is 0 Å². The molecule has 4 aromatic rings. The maximum atomic E-state index is 4.56. The molecule has 46 heavy (non-hydrogen) atoms. The highest BCUT2D eigenvalue weighted by molar-refractivity contribution is 5.85. The molecule has 1 fully saturated rings. The normalized spacial score (nSPS) is 16.3. The van der Waals surface area contributed by atoms with Gasteiger partial charge in [0.05, 0.1) is 25.0 Å². The van der Waals surface area contributed by atoms with E-state index in [0.717, 1.165) is 63.5 Å². The summed E-state index contributed by atoms with van der Waals surface area (Å²) in [6.45, 7) is 13.5. The molecule has 3 aromatic carbocycles. The van der Waals surface area contributed by atoms with Crippen molar-refractivity contribution in [1.29, 1.82) is 0 Å². The third-order valence-electron chi connectivity index (χ3n) is 9.56. The molecule has 8 heteroatoms. The molecule has 0 amide bonds. The summed E-state index contributed by atoms with van der Waals surface area (Å²) in [5.41, 5.74) is 6.51. The number of unbranched alkanes of at least 4 members (excludes halogenated alkanes) is 2. The molecule has 1 aromatic heterocycles. The first kappa shape index (κ1) is 31.4. The number of aromatic nitrogens is 3. The van der Waals surface area contributed by atoms with Crippen LogP contribution in [0.5, 0.6) is 0 Å². The molecule has 0 N–H and O–H groups in total. The summed E-state index contributed by atoms with van der Waals surface area (Å²) >= 11 is 0. The highest BCUT2D eigenvalue weighted by Crippen LogP contribution is 2.29. The van der Waals surface area contributed by atoms with Crippen molar-refractivity contribution in [2.24, 2.45) is 5.10 Å². The van der Waals surface area contributed by atoms with Gasteiger partial charge >= 0.3 is 0 Å². The van der Waals surface area contributed by atoms with Crippen molar-refractivity contribution in [3.8, 4) is 0 Å². The fourth-order valence-corrected chi connectivity index (χ4v) is 6.55. The Morgan fingerprint density at radius 3 is 1.98 bits per heavy atom. The van der Waals surface area contributed by atoms with Crippen LogP contribution in [0.1, 0.15) is 63.0 Å². The molecule has 0 saturated carbocycles. The van der Waals surface area contributed by atoms with Gasteiger partial charge < -0.3 is 9.80 Å². The minimum atomic E-state index is 0.340. The fourth-order valence-electron chi connectivity index (χ4n) is 6.55. The maximum absolute atomic E-state index is 4.56. The lowest BCUT2D eigenvalue weighted by atomic mass is 9.93. The average Bonchev–Trinajstić information content (AvgIpc) is 3.77. The molecule has 3 heterocycles. The van der Waals surface area contributed by atoms with Crippen LogP contribution in [0, 0.1) is 0 Å². The predicted octanol–water partition coefficient (Wildman–Crippen LogP) is 7.53. The Balaban J connectivity index is 0.927. The molecule has 8 nitrogen and oxygen atoms in total. The van der Waals surface area contributed by atoms with E-state index in [2.05, 4.69) is 129 Å². The summed E-state index contributed by atoms with van der Waals surface area (Å²) in [4.78, 5) is 8.89. The van der Waals surface area contributed by atoms with Gasteiger partial charge in [0.1, 0.15) is 12.2 Å². The monoisotopic (exact) mass is 616 g/mol. The first-order valence-electron chi connectivity index (χ1n) is 17.0. The summed E-state index contributed by atoms with van der Waals surface area (Å²) in [7, 11) is 0. The Kier molecular flexibility index (Phi) is 10.3. The van der Waals surface area contributed by atoms with Crippen LogP contribution in [0.3, 0.4) is 0 Å². The van der Waals surface area contributed by atoms with E-state index in [0.29, 0.717) is 12.0 Å². The van der Waals surface area contributed by atoms with Gasteiger partial charge in [-0.25, -0.2) is 5.01 Å². The Morgan fingerprint density at radius 1 is 0.739 bits per heavy atom. The Bertz CT molecular complexity index is 1520. The van der Waals surface area contributed by atoms with E-state index in [4.69, 9.17) is 0 Å². The van der Waals surface area contributed by atoms with E-state index in [9.17, 15) is 0 Å². The SMILES string of the molecule is C=C1N(c2ccc(N3CCN(c4ccc(CCCCCC(Cn5nccn5)c5ccccc5)cc4)CC3)cc2)C=NN1C(C)CC. The third kappa shape index (κ3) is 7.61. The second kappa shape index (κ2) is 15.1. The van der Waals surface area contributed by atoms with Crippen LogP contribution >= 0.6 is 0 Å². The van der Waals surface area contributed by atoms with E-state index >= 15 is 0 Å². The molecule has 6 rings (SSSR count). The fraction of sp³-hybridized carbons (Fsp3) is 0.395. The van der Waals surface area contributed by atoms with Crippen LogP contribution < -0.4 is 14.7 Å². The standard InChI is InChI=1S/C38H48N8/c1-4-31(2)46-32(3)44(30-41-46)38-21-19-37(20-22-38)43-27-25-42(26-28-43)36-17-15-33(16-18-36)11-7-5-10-14-35(29-45-39-23-24-40-45)34-12-8-6-9-13-34/h6,8-9,12-13,15-24,30-31,35H,3-5,7,10-11,14,25-29H2,1-2H3. The molecule has 2 aliphatic heterocycles. The quantitative estimate of drug-likeness (QED) is 0.137. The number of hydrogen-bond donors (Lipinski definition) is 0. The van der Waals surface area contributed by atoms with Crippen LogP contribution in [0.25, 0.3) is 0 Å². The lowest BCUT2D eigenvalue weighted by Crippen LogP contribution is -2.46. The highest BCUT2D eigenvalue weighted by Gasteiger charge is 2.25. The van der Waals surface area contributed by atoms with Crippen molar-refractivity contribution in [2.75, 3.05) is 40.9 Å². The van der Waals surface area contributed by atoms with Gasteiger partial charge in [0, 0.05) is 49.2 Å². The zero-order chi connectivity index (χ0) is 31.7. The molecule has 0 spiro atoms. The van der Waals surface area contributed by atoms with Crippen LogP contribution in [0.4, 0.5) is 17.1 Å². The highest BCUT2D eigenvalue weighted by atomic mass is 15.6. The van der Waals surface area contributed by atoms with Crippen LogP contribution in [-0.4, -0.2) is 58.6 Å². The number of rotatable bonds is 14. The lowest BCUT2D eigenvalue weighted by Gasteiger charge is -2.37. The molecule has 2 atom stereocenters. The maximum Gasteiger partial charge on any atom is 0.128 e. The van der Waals surface area contributed by atoms with Crippen molar-refractivity contribution in [3.05, 3.63) is 115 Å². The largest absolute Gasteiger partial charge is 0.368 e. The number of hydrazone groups is 1. The summed E-state index contributed by atoms with van der Waals surface area (Å²) in [6, 6.07) is 29.3. The van der Waals surface area contributed by atoms with Gasteiger partial charge in [-0.05, 0) is 80.1 Å². The molecule has 0 bridgehead atoms. The summed E-state index contributed by atoms with van der Waals surface area (Å²) in [6.07, 6.45) is 12.4. The van der Waals surface area contributed by atoms with Crippen LogP contribution in [0.15, 0.2) is 109 Å². The number of anilines is 3. The number of hydrogen-bond acceptors (Lipinski definition) is 7. The molecule has 0 aliphatic carbocycles. The Hall–Kier alpha value is -4.59. The topological polar surface area (TPSA) is 56.0 Å². The molecule has 1 saturated heterocycles. The molecular formula is C38H48N8. The zero-order valence-corrected chi connectivity index (χ0v) is 27.5. The molecule has 2 aliphatic rings. The molecule has 2 unspecified atom stereocenters. The van der Waals surface area contributed by atoms with E-state index in [-0.39, 0.29) is 0 Å². The van der Waals surface area contributed by atoms with E-state index in [1.54, 1.807) is 12.4 Å². The second-order valence-corrected chi connectivity index (χ2v) is 12.6. The number of aryl methyl sites for hydroxylation is 1. The van der Waals surface area contributed by atoms with Crippen LogP contribution in [0.2, 0.25) is 0 Å². The number of benzene rings is 3. The Labute approximate surface area is 274 Å². The van der Waals surface area contributed by atoms with Gasteiger partial charge in [-0.2, -0.15) is 20.1 Å². The molecular weight excluding hydrogens is 568 g/mol. The Morgan fingerprint density at radius 2 is 1.35 bits per heavy atom. The van der Waals surface area contributed by atoms with Crippen molar-refractivity contribution >= 4 is 23.4 Å². The average molecular weight is 617 g/mol. The number of piperazine rings is 1. The van der Waals surface area contributed by atoms with Crippen LogP contribution in [-0.2, 0) is 13.0 Å². The smallest absolute Gasteiger partial charge is 0.128 e. The van der Waals surface area contributed by atoms with Gasteiger partial charge in [-0.15, -0.1) is 0 Å². The van der Waals surface area contributed by atoms with Crippen molar-refractivity contribution in [3.63, 3.8) is 0 Å². The van der Waals surface area contributed by atoms with Crippen molar-refractivity contribution in [1.82, 2.24) is 20.0 Å². The summed E-state index contributed by atoms with van der Waals surface area (Å²) in [5, 5.41) is 15.2. The number of nitrogens with zero attached hydrogens (tertiary/aromatic N) is 8. The predicted molar refractivity (Wildman–Crippen MR) is 190 cm³/mol. The van der Waals surface area contributed by atoms with Gasteiger partial charge in [0.25, 0.3) is 0 Å². The molecule has 0 radical (unpaired) electrons. The lowest BCUT2D eigenvalue weighted by molar-refractivity contribution is 0.286. The zero-order valence-electron chi connectivity index (χ0n) is 27.5. The van der Waals surface area contributed by atoms with E-state index < -0.39 is 0 Å². The third-order valence-corrected chi connectivity index (χ3v) is 9.56. The van der Waals surface area contributed by atoms with E-state index in [1.807, 2.05) is 16.1 Å². The van der Waals surface area contributed by atoms with Crippen molar-refractivity contribution < 1.29 is 0 Å². The molecule has 240 valence electrons. The van der Waals surface area contributed by atoms with Gasteiger partial charge in [-0.3, -0.25) is 4.90 Å². The van der Waals surface area contributed by atoms with Gasteiger partial charge in [-0.1, -0.05) is 68.8 Å². The van der Waals surface area contributed by atoms with Gasteiger partial charge in [0.15, 0.2) is 0 Å².